The molecule has 11 heteroatoms. The van der Waals surface area contributed by atoms with Crippen LogP contribution in [0.15, 0.2) is 36.5 Å². The second-order valence-corrected chi connectivity index (χ2v) is 8.19. The minimum Gasteiger partial charge on any atom is -0.366 e. The zero-order chi connectivity index (χ0) is 23.6. The fraction of sp³-hybridized carbons (Fsp3) is 0.455. The highest BCUT2D eigenvalue weighted by Gasteiger charge is 2.31. The van der Waals surface area contributed by atoms with Gasteiger partial charge in [0.25, 0.3) is 11.6 Å². The first-order valence-corrected chi connectivity index (χ1v) is 10.8. The van der Waals surface area contributed by atoms with Gasteiger partial charge in [0.05, 0.1) is 10.5 Å². The van der Waals surface area contributed by atoms with Crippen LogP contribution >= 0.6 is 0 Å². The number of amides is 1. The Hall–Kier alpha value is -3.37. The van der Waals surface area contributed by atoms with Gasteiger partial charge in [0, 0.05) is 57.1 Å². The topological polar surface area (TPSA) is 82.8 Å². The lowest BCUT2D eigenvalue weighted by molar-refractivity contribution is -0.384. The van der Waals surface area contributed by atoms with Crippen molar-refractivity contribution < 1.29 is 22.9 Å². The van der Waals surface area contributed by atoms with E-state index in [4.69, 9.17) is 0 Å². The molecule has 2 aliphatic rings. The van der Waals surface area contributed by atoms with Crippen LogP contribution in [0.4, 0.5) is 30.4 Å². The second-order valence-electron chi connectivity index (χ2n) is 8.19. The smallest absolute Gasteiger partial charge is 0.366 e. The lowest BCUT2D eigenvalue weighted by atomic mass is 10.1. The molecule has 0 radical (unpaired) electrons. The van der Waals surface area contributed by atoms with E-state index >= 15 is 0 Å². The number of anilines is 2. The van der Waals surface area contributed by atoms with Gasteiger partial charge in [0.1, 0.15) is 11.5 Å². The number of hydrogen-bond donors (Lipinski definition) is 0. The second kappa shape index (κ2) is 9.24. The van der Waals surface area contributed by atoms with E-state index in [1.807, 2.05) is 9.80 Å². The Morgan fingerprint density at radius 2 is 1.67 bits per heavy atom. The van der Waals surface area contributed by atoms with Crippen molar-refractivity contribution in [1.82, 2.24) is 9.88 Å². The SMILES string of the molecule is O=C(c1ccc(N2CCCC2)c([N+](=O)[O-])c1)N1CCCN(c2ccc(C(F)(F)F)cn2)CC1. The summed E-state index contributed by atoms with van der Waals surface area (Å²) in [7, 11) is 0. The Morgan fingerprint density at radius 1 is 0.939 bits per heavy atom. The molecule has 1 aromatic carbocycles. The molecule has 0 bridgehead atoms. The van der Waals surface area contributed by atoms with E-state index in [9.17, 15) is 28.1 Å². The van der Waals surface area contributed by atoms with Gasteiger partial charge in [0.2, 0.25) is 0 Å². The van der Waals surface area contributed by atoms with Crippen molar-refractivity contribution in [3.05, 3.63) is 57.8 Å². The van der Waals surface area contributed by atoms with Gasteiger partial charge in [0.15, 0.2) is 0 Å². The first kappa shape index (κ1) is 22.8. The minimum atomic E-state index is -4.44. The lowest BCUT2D eigenvalue weighted by Gasteiger charge is -2.23. The summed E-state index contributed by atoms with van der Waals surface area (Å²) in [6, 6.07) is 6.95. The molecular formula is C22H24F3N5O3. The van der Waals surface area contributed by atoms with Gasteiger partial charge in [-0.15, -0.1) is 0 Å². The molecule has 0 spiro atoms. The summed E-state index contributed by atoms with van der Waals surface area (Å²) in [5.41, 5.74) is -0.0970. The average molecular weight is 463 g/mol. The van der Waals surface area contributed by atoms with Crippen LogP contribution in [0.5, 0.6) is 0 Å². The number of hydrogen-bond acceptors (Lipinski definition) is 6. The van der Waals surface area contributed by atoms with Crippen LogP contribution < -0.4 is 9.80 Å². The van der Waals surface area contributed by atoms with E-state index in [0.29, 0.717) is 44.1 Å². The van der Waals surface area contributed by atoms with Crippen molar-refractivity contribution in [3.8, 4) is 0 Å². The predicted octanol–water partition coefficient (Wildman–Crippen LogP) is 3.96. The number of benzene rings is 1. The van der Waals surface area contributed by atoms with Crippen LogP contribution in [0.1, 0.15) is 35.2 Å². The molecule has 2 aliphatic heterocycles. The lowest BCUT2D eigenvalue weighted by Crippen LogP contribution is -2.35. The molecule has 3 heterocycles. The number of nitro benzene ring substituents is 1. The summed E-state index contributed by atoms with van der Waals surface area (Å²) in [5.74, 6) is 0.121. The molecule has 4 rings (SSSR count). The van der Waals surface area contributed by atoms with Gasteiger partial charge >= 0.3 is 6.18 Å². The molecule has 0 atom stereocenters. The Balaban J connectivity index is 1.46. The first-order valence-electron chi connectivity index (χ1n) is 10.8. The Labute approximate surface area is 188 Å². The molecule has 0 saturated carbocycles. The van der Waals surface area contributed by atoms with E-state index in [1.165, 1.54) is 12.1 Å². The normalized spacial score (nSPS) is 17.2. The number of carbonyl (C=O) groups excluding carboxylic acids is 1. The summed E-state index contributed by atoms with van der Waals surface area (Å²) < 4.78 is 38.3. The van der Waals surface area contributed by atoms with Crippen molar-refractivity contribution in [3.63, 3.8) is 0 Å². The minimum absolute atomic E-state index is 0.0758. The number of nitrogens with zero attached hydrogens (tertiary/aromatic N) is 5. The van der Waals surface area contributed by atoms with Gasteiger partial charge < -0.3 is 14.7 Å². The third-order valence-electron chi connectivity index (χ3n) is 6.05. The molecular weight excluding hydrogens is 439 g/mol. The molecule has 1 aromatic heterocycles. The fourth-order valence-electron chi connectivity index (χ4n) is 4.30. The average Bonchev–Trinajstić information content (AvgIpc) is 3.22. The maximum Gasteiger partial charge on any atom is 0.417 e. The third-order valence-corrected chi connectivity index (χ3v) is 6.05. The molecule has 0 aliphatic carbocycles. The fourth-order valence-corrected chi connectivity index (χ4v) is 4.30. The maximum atomic E-state index is 13.1. The van der Waals surface area contributed by atoms with Gasteiger partial charge in [-0.25, -0.2) is 4.98 Å². The summed E-state index contributed by atoms with van der Waals surface area (Å²) in [4.78, 5) is 33.6. The van der Waals surface area contributed by atoms with E-state index < -0.39 is 16.7 Å². The molecule has 176 valence electrons. The van der Waals surface area contributed by atoms with Crippen LogP contribution in [0.3, 0.4) is 0 Å². The van der Waals surface area contributed by atoms with E-state index in [0.717, 1.165) is 38.2 Å². The van der Waals surface area contributed by atoms with Crippen LogP contribution in [0, 0.1) is 10.1 Å². The summed E-state index contributed by atoms with van der Waals surface area (Å²) in [5, 5.41) is 11.6. The summed E-state index contributed by atoms with van der Waals surface area (Å²) in [6.07, 6.45) is -1.07. The predicted molar refractivity (Wildman–Crippen MR) is 117 cm³/mol. The number of nitro groups is 1. The number of carbonyl (C=O) groups is 1. The highest BCUT2D eigenvalue weighted by Crippen LogP contribution is 2.32. The Morgan fingerprint density at radius 3 is 2.30 bits per heavy atom. The number of aromatic nitrogens is 1. The van der Waals surface area contributed by atoms with E-state index in [1.54, 1.807) is 17.0 Å². The van der Waals surface area contributed by atoms with Gasteiger partial charge in [-0.1, -0.05) is 0 Å². The maximum absolute atomic E-state index is 13.1. The van der Waals surface area contributed by atoms with E-state index in [2.05, 4.69) is 4.98 Å². The Bertz CT molecular complexity index is 1020. The van der Waals surface area contributed by atoms with Crippen molar-refractivity contribution in [1.29, 1.82) is 0 Å². The van der Waals surface area contributed by atoms with E-state index in [-0.39, 0.29) is 17.2 Å². The molecule has 2 fully saturated rings. The molecule has 2 aromatic rings. The van der Waals surface area contributed by atoms with Crippen molar-refractivity contribution in [2.75, 3.05) is 49.1 Å². The number of rotatable bonds is 4. The van der Waals surface area contributed by atoms with Crippen LogP contribution in [-0.2, 0) is 6.18 Å². The summed E-state index contributed by atoms with van der Waals surface area (Å²) in [6.45, 7) is 3.23. The number of alkyl halides is 3. The zero-order valence-electron chi connectivity index (χ0n) is 17.9. The third kappa shape index (κ3) is 5.01. The monoisotopic (exact) mass is 463 g/mol. The quantitative estimate of drug-likeness (QED) is 0.504. The molecule has 8 nitrogen and oxygen atoms in total. The molecule has 1 amide bonds. The zero-order valence-corrected chi connectivity index (χ0v) is 17.9. The molecule has 0 N–H and O–H groups in total. The van der Waals surface area contributed by atoms with Crippen molar-refractivity contribution >= 4 is 23.1 Å². The van der Waals surface area contributed by atoms with Crippen LogP contribution in [0.25, 0.3) is 0 Å². The highest BCUT2D eigenvalue weighted by atomic mass is 19.4. The van der Waals surface area contributed by atoms with Gasteiger partial charge in [-0.05, 0) is 43.5 Å². The van der Waals surface area contributed by atoms with Gasteiger partial charge in [-0.2, -0.15) is 13.2 Å². The molecule has 33 heavy (non-hydrogen) atoms. The molecule has 0 unspecified atom stereocenters. The van der Waals surface area contributed by atoms with Crippen molar-refractivity contribution in [2.45, 2.75) is 25.4 Å². The van der Waals surface area contributed by atoms with Crippen LogP contribution in [-0.4, -0.2) is 60.0 Å². The highest BCUT2D eigenvalue weighted by molar-refractivity contribution is 5.96. The Kier molecular flexibility index (Phi) is 6.39. The largest absolute Gasteiger partial charge is 0.417 e. The molecule has 2 saturated heterocycles. The van der Waals surface area contributed by atoms with Crippen LogP contribution in [0.2, 0.25) is 0 Å². The summed E-state index contributed by atoms with van der Waals surface area (Å²) >= 11 is 0. The number of halogens is 3. The number of pyridine rings is 1. The van der Waals surface area contributed by atoms with Gasteiger partial charge in [-0.3, -0.25) is 14.9 Å². The first-order chi connectivity index (χ1) is 15.7. The standard InChI is InChI=1S/C22H24F3N5O3/c23-22(24,25)17-5-7-20(26-15-17)28-10-3-11-29(13-12-28)21(31)16-4-6-18(19(14-16)30(32)33)27-8-1-2-9-27/h4-7,14-15H,1-3,8-13H2. The van der Waals surface area contributed by atoms with Crippen molar-refractivity contribution in [2.24, 2.45) is 0 Å².